The highest BCUT2D eigenvalue weighted by molar-refractivity contribution is 9.10. The lowest BCUT2D eigenvalue weighted by Gasteiger charge is -2.19. The van der Waals surface area contributed by atoms with Crippen LogP contribution in [0.4, 0.5) is 0 Å². The summed E-state index contributed by atoms with van der Waals surface area (Å²) in [6.45, 7) is 6.91. The highest BCUT2D eigenvalue weighted by Crippen LogP contribution is 2.21. The first-order chi connectivity index (χ1) is 7.54. The monoisotopic (exact) mass is 285 g/mol. The molecule has 1 aromatic carbocycles. The number of nitrogens with one attached hydrogen (secondary N) is 1. The van der Waals surface area contributed by atoms with Gasteiger partial charge in [-0.15, -0.1) is 0 Å². The van der Waals surface area contributed by atoms with E-state index in [1.165, 1.54) is 11.1 Å². The lowest BCUT2D eigenvalue weighted by molar-refractivity contribution is 0.0626. The number of likely N-dealkylation sites (N-methyl/N-ethyl adjacent to an activating group) is 1. The summed E-state index contributed by atoms with van der Waals surface area (Å²) in [6.07, 6.45) is 0.271. The maximum absolute atomic E-state index is 5.65. The van der Waals surface area contributed by atoms with Crippen molar-refractivity contribution in [3.63, 3.8) is 0 Å². The van der Waals surface area contributed by atoms with Gasteiger partial charge in [-0.05, 0) is 45.0 Å². The van der Waals surface area contributed by atoms with E-state index in [-0.39, 0.29) is 12.1 Å². The fourth-order valence-electron chi connectivity index (χ4n) is 1.52. The van der Waals surface area contributed by atoms with Crippen LogP contribution in [0, 0.1) is 6.92 Å². The van der Waals surface area contributed by atoms with Crippen molar-refractivity contribution in [2.24, 2.45) is 0 Å². The second-order valence-corrected chi connectivity index (χ2v) is 5.09. The molecule has 0 spiro atoms. The molecule has 2 nitrogen and oxygen atoms in total. The zero-order valence-electron chi connectivity index (χ0n) is 10.4. The minimum Gasteiger partial charge on any atom is -0.377 e. The van der Waals surface area contributed by atoms with Gasteiger partial charge in [0.2, 0.25) is 0 Å². The summed E-state index contributed by atoms with van der Waals surface area (Å²) < 4.78 is 6.79. The summed E-state index contributed by atoms with van der Waals surface area (Å²) in [5.74, 6) is 0. The highest BCUT2D eigenvalue weighted by Gasteiger charge is 2.11. The first-order valence-corrected chi connectivity index (χ1v) is 6.38. The number of hydrogen-bond donors (Lipinski definition) is 1. The summed E-state index contributed by atoms with van der Waals surface area (Å²) in [6, 6.07) is 6.66. The van der Waals surface area contributed by atoms with Gasteiger partial charge in [0.05, 0.1) is 18.8 Å². The van der Waals surface area contributed by atoms with Gasteiger partial charge in [0.15, 0.2) is 0 Å². The third kappa shape index (κ3) is 3.89. The fraction of sp³-hybridized carbons (Fsp3) is 0.538. The van der Waals surface area contributed by atoms with E-state index in [1.54, 1.807) is 0 Å². The summed E-state index contributed by atoms with van der Waals surface area (Å²) >= 11 is 3.51. The third-order valence-corrected chi connectivity index (χ3v) is 3.42. The van der Waals surface area contributed by atoms with Gasteiger partial charge in [0.25, 0.3) is 0 Å². The average molecular weight is 286 g/mol. The number of ether oxygens (including phenoxy) is 1. The van der Waals surface area contributed by atoms with E-state index in [1.807, 2.05) is 7.05 Å². The Hall–Kier alpha value is -0.380. The molecule has 16 heavy (non-hydrogen) atoms. The van der Waals surface area contributed by atoms with Gasteiger partial charge in [-0.1, -0.05) is 28.1 Å². The smallest absolute Gasteiger partial charge is 0.0664 e. The first kappa shape index (κ1) is 13.7. The molecule has 3 heteroatoms. The Labute approximate surface area is 107 Å². The van der Waals surface area contributed by atoms with E-state index < -0.39 is 0 Å². The largest absolute Gasteiger partial charge is 0.377 e. The van der Waals surface area contributed by atoms with E-state index in [0.29, 0.717) is 6.61 Å². The predicted molar refractivity (Wildman–Crippen MR) is 71.8 cm³/mol. The van der Waals surface area contributed by atoms with Gasteiger partial charge in [-0.3, -0.25) is 0 Å². The molecule has 0 amide bonds. The molecule has 0 fully saturated rings. The third-order valence-electron chi connectivity index (χ3n) is 2.53. The molecule has 0 heterocycles. The van der Waals surface area contributed by atoms with Gasteiger partial charge in [0.1, 0.15) is 0 Å². The van der Waals surface area contributed by atoms with Crippen LogP contribution in [0.3, 0.4) is 0 Å². The number of hydrogen-bond acceptors (Lipinski definition) is 2. The zero-order chi connectivity index (χ0) is 12.1. The minimum atomic E-state index is 0.259. The second-order valence-electron chi connectivity index (χ2n) is 4.23. The van der Waals surface area contributed by atoms with Crippen LogP contribution in [-0.2, 0) is 4.74 Å². The van der Waals surface area contributed by atoms with Crippen LogP contribution in [0.25, 0.3) is 0 Å². The number of benzene rings is 1. The molecule has 0 saturated heterocycles. The molecule has 0 aliphatic heterocycles. The van der Waals surface area contributed by atoms with E-state index in [9.17, 15) is 0 Å². The van der Waals surface area contributed by atoms with E-state index in [0.717, 1.165) is 4.47 Å². The molecular formula is C13H20BrNO. The molecule has 0 aliphatic carbocycles. The predicted octanol–water partition coefficient (Wildman–Crippen LogP) is 3.44. The van der Waals surface area contributed by atoms with E-state index in [2.05, 4.69) is 60.2 Å². The highest BCUT2D eigenvalue weighted by atomic mass is 79.9. The van der Waals surface area contributed by atoms with Crippen LogP contribution < -0.4 is 5.32 Å². The van der Waals surface area contributed by atoms with Gasteiger partial charge in [-0.2, -0.15) is 0 Å². The Balaban J connectivity index is 2.74. The lowest BCUT2D eigenvalue weighted by Crippen LogP contribution is -2.23. The number of aryl methyl sites for hydroxylation is 1. The van der Waals surface area contributed by atoms with Crippen LogP contribution in [-0.4, -0.2) is 19.8 Å². The van der Waals surface area contributed by atoms with E-state index in [4.69, 9.17) is 4.74 Å². The van der Waals surface area contributed by atoms with E-state index >= 15 is 0 Å². The number of halogens is 1. The summed E-state index contributed by atoms with van der Waals surface area (Å²) in [5.41, 5.74) is 2.52. The molecule has 0 aliphatic rings. The molecule has 90 valence electrons. The molecular weight excluding hydrogens is 266 g/mol. The Morgan fingerprint density at radius 1 is 1.38 bits per heavy atom. The molecule has 1 aromatic rings. The summed E-state index contributed by atoms with van der Waals surface area (Å²) in [7, 11) is 1.96. The van der Waals surface area contributed by atoms with Crippen molar-refractivity contribution in [1.29, 1.82) is 0 Å². The van der Waals surface area contributed by atoms with Crippen molar-refractivity contribution in [1.82, 2.24) is 5.32 Å². The van der Waals surface area contributed by atoms with Gasteiger partial charge >= 0.3 is 0 Å². The summed E-state index contributed by atoms with van der Waals surface area (Å²) in [4.78, 5) is 0. The average Bonchev–Trinajstić information content (AvgIpc) is 2.23. The maximum atomic E-state index is 5.65. The molecule has 1 atom stereocenters. The molecule has 1 N–H and O–H groups in total. The van der Waals surface area contributed by atoms with Crippen molar-refractivity contribution < 1.29 is 4.74 Å². The topological polar surface area (TPSA) is 21.3 Å². The second kappa shape index (κ2) is 6.38. The minimum absolute atomic E-state index is 0.259. The first-order valence-electron chi connectivity index (χ1n) is 5.59. The molecule has 0 bridgehead atoms. The van der Waals surface area contributed by atoms with Crippen LogP contribution >= 0.6 is 15.9 Å². The zero-order valence-corrected chi connectivity index (χ0v) is 12.0. The standard InChI is InChI=1S/C13H20BrNO/c1-9(2)16-8-13(15-4)11-5-6-12(14)10(3)7-11/h5-7,9,13,15H,8H2,1-4H3. The van der Waals surface area contributed by atoms with Crippen LogP contribution in [0.2, 0.25) is 0 Å². The molecule has 0 saturated carbocycles. The van der Waals surface area contributed by atoms with Crippen LogP contribution in [0.5, 0.6) is 0 Å². The molecule has 1 unspecified atom stereocenters. The van der Waals surface area contributed by atoms with Crippen molar-refractivity contribution in [3.05, 3.63) is 33.8 Å². The molecule has 0 radical (unpaired) electrons. The quantitative estimate of drug-likeness (QED) is 0.895. The summed E-state index contributed by atoms with van der Waals surface area (Å²) in [5, 5.41) is 3.28. The normalized spacial score (nSPS) is 13.1. The van der Waals surface area contributed by atoms with Crippen molar-refractivity contribution in [3.8, 4) is 0 Å². The van der Waals surface area contributed by atoms with Gasteiger partial charge in [0, 0.05) is 4.47 Å². The van der Waals surface area contributed by atoms with Crippen molar-refractivity contribution in [2.45, 2.75) is 32.9 Å². The van der Waals surface area contributed by atoms with Gasteiger partial charge < -0.3 is 10.1 Å². The van der Waals surface area contributed by atoms with Crippen LogP contribution in [0.15, 0.2) is 22.7 Å². The fourth-order valence-corrected chi connectivity index (χ4v) is 1.77. The van der Waals surface area contributed by atoms with Crippen molar-refractivity contribution in [2.75, 3.05) is 13.7 Å². The molecule has 0 aromatic heterocycles. The number of rotatable bonds is 5. The maximum Gasteiger partial charge on any atom is 0.0664 e. The SMILES string of the molecule is CNC(COC(C)C)c1ccc(Br)c(C)c1. The Kier molecular flexibility index (Phi) is 5.46. The molecule has 1 rings (SSSR count). The van der Waals surface area contributed by atoms with Gasteiger partial charge in [-0.25, -0.2) is 0 Å². The van der Waals surface area contributed by atoms with Crippen LogP contribution in [0.1, 0.15) is 31.0 Å². The Bertz CT molecular complexity index is 339. The lowest BCUT2D eigenvalue weighted by atomic mass is 10.1. The Morgan fingerprint density at radius 3 is 2.56 bits per heavy atom. The Morgan fingerprint density at radius 2 is 2.06 bits per heavy atom. The van der Waals surface area contributed by atoms with Crippen molar-refractivity contribution >= 4 is 15.9 Å².